The third-order valence-corrected chi connectivity index (χ3v) is 5.24. The second-order valence-electron chi connectivity index (χ2n) is 6.97. The second-order valence-corrected chi connectivity index (χ2v) is 6.97. The molecule has 1 fully saturated rings. The molecular weight excluding hydrogens is 296 g/mol. The molecule has 1 aliphatic carbocycles. The first-order valence-electron chi connectivity index (χ1n) is 8.99. The zero-order chi connectivity index (χ0) is 16.4. The number of aliphatic hydroxyl groups excluding tert-OH is 1. The molecule has 0 bridgehead atoms. The molecule has 2 aromatic carbocycles. The number of aliphatic hydroxyl groups is 1. The van der Waals surface area contributed by atoms with Crippen LogP contribution in [-0.2, 0) is 13.2 Å². The quantitative estimate of drug-likeness (QED) is 0.751. The van der Waals surface area contributed by atoms with Gasteiger partial charge in [-0.2, -0.15) is 5.10 Å². The van der Waals surface area contributed by atoms with Crippen LogP contribution in [0.2, 0.25) is 0 Å². The van der Waals surface area contributed by atoms with Gasteiger partial charge in [-0.05, 0) is 46.7 Å². The van der Waals surface area contributed by atoms with E-state index in [1.807, 2.05) is 12.3 Å². The lowest BCUT2D eigenvalue weighted by molar-refractivity contribution is 0.282. The molecule has 3 aromatic rings. The van der Waals surface area contributed by atoms with Crippen LogP contribution in [0.4, 0.5) is 0 Å². The van der Waals surface area contributed by atoms with Gasteiger partial charge in [-0.15, -0.1) is 0 Å². The Bertz CT molecular complexity index is 831. The average Bonchev–Trinajstić information content (AvgIpc) is 3.09. The average molecular weight is 320 g/mol. The molecule has 1 aromatic heterocycles. The number of nitrogens with zero attached hydrogens (tertiary/aromatic N) is 2. The lowest BCUT2D eigenvalue weighted by Gasteiger charge is -2.21. The van der Waals surface area contributed by atoms with Crippen molar-refractivity contribution >= 4 is 10.8 Å². The molecular formula is C21H24N2O. The minimum Gasteiger partial charge on any atom is -0.392 e. The Kier molecular flexibility index (Phi) is 4.35. The predicted molar refractivity (Wildman–Crippen MR) is 97.7 cm³/mol. The van der Waals surface area contributed by atoms with Crippen molar-refractivity contribution in [3.63, 3.8) is 0 Å². The van der Waals surface area contributed by atoms with E-state index in [2.05, 4.69) is 46.3 Å². The van der Waals surface area contributed by atoms with Gasteiger partial charge >= 0.3 is 0 Å². The van der Waals surface area contributed by atoms with Crippen molar-refractivity contribution in [2.24, 2.45) is 5.92 Å². The van der Waals surface area contributed by atoms with Crippen molar-refractivity contribution in [1.82, 2.24) is 9.78 Å². The van der Waals surface area contributed by atoms with Gasteiger partial charge in [0, 0.05) is 18.3 Å². The number of hydrogen-bond donors (Lipinski definition) is 1. The Morgan fingerprint density at radius 3 is 2.79 bits per heavy atom. The van der Waals surface area contributed by atoms with Gasteiger partial charge in [0.2, 0.25) is 0 Å². The van der Waals surface area contributed by atoms with Gasteiger partial charge in [0.1, 0.15) is 0 Å². The SMILES string of the molecule is OCc1ccc2c(-c3cnn(CC4CCCCC4)c3)cccc2c1. The fraction of sp³-hybridized carbons (Fsp3) is 0.381. The van der Waals surface area contributed by atoms with Crippen LogP contribution in [0.3, 0.4) is 0 Å². The Balaban J connectivity index is 1.63. The molecule has 24 heavy (non-hydrogen) atoms. The number of benzene rings is 2. The summed E-state index contributed by atoms with van der Waals surface area (Å²) in [6, 6.07) is 12.5. The van der Waals surface area contributed by atoms with E-state index >= 15 is 0 Å². The van der Waals surface area contributed by atoms with Crippen LogP contribution in [-0.4, -0.2) is 14.9 Å². The number of rotatable bonds is 4. The normalized spacial score (nSPS) is 15.9. The summed E-state index contributed by atoms with van der Waals surface area (Å²) in [4.78, 5) is 0. The number of fused-ring (bicyclic) bond motifs is 1. The molecule has 3 nitrogen and oxygen atoms in total. The van der Waals surface area contributed by atoms with Crippen LogP contribution in [0, 0.1) is 5.92 Å². The zero-order valence-electron chi connectivity index (χ0n) is 14.0. The molecule has 0 amide bonds. The molecule has 0 atom stereocenters. The van der Waals surface area contributed by atoms with E-state index in [9.17, 15) is 5.11 Å². The molecule has 0 spiro atoms. The maximum atomic E-state index is 9.33. The monoisotopic (exact) mass is 320 g/mol. The van der Waals surface area contributed by atoms with Gasteiger partial charge in [-0.3, -0.25) is 4.68 Å². The third kappa shape index (κ3) is 3.09. The van der Waals surface area contributed by atoms with Crippen molar-refractivity contribution in [2.45, 2.75) is 45.3 Å². The van der Waals surface area contributed by atoms with Crippen LogP contribution in [0.5, 0.6) is 0 Å². The topological polar surface area (TPSA) is 38.1 Å². The molecule has 1 saturated carbocycles. The molecule has 1 N–H and O–H groups in total. The number of aromatic nitrogens is 2. The standard InChI is InChI=1S/C21H24N2O/c24-15-17-9-10-21-18(11-17)7-4-8-20(21)19-12-22-23(14-19)13-16-5-2-1-3-6-16/h4,7-12,14,16,24H,1-3,5-6,13,15H2. The highest BCUT2D eigenvalue weighted by Crippen LogP contribution is 2.30. The number of hydrogen-bond acceptors (Lipinski definition) is 2. The summed E-state index contributed by atoms with van der Waals surface area (Å²) < 4.78 is 2.12. The van der Waals surface area contributed by atoms with Gasteiger partial charge < -0.3 is 5.11 Å². The Morgan fingerprint density at radius 2 is 1.96 bits per heavy atom. The highest BCUT2D eigenvalue weighted by Gasteiger charge is 2.15. The highest BCUT2D eigenvalue weighted by atomic mass is 16.3. The molecule has 124 valence electrons. The molecule has 1 aliphatic rings. The van der Waals surface area contributed by atoms with E-state index in [0.717, 1.165) is 18.0 Å². The first-order valence-corrected chi connectivity index (χ1v) is 8.99. The molecule has 0 aliphatic heterocycles. The van der Waals surface area contributed by atoms with Gasteiger partial charge in [-0.25, -0.2) is 0 Å². The van der Waals surface area contributed by atoms with Gasteiger partial charge in [0.15, 0.2) is 0 Å². The summed E-state index contributed by atoms with van der Waals surface area (Å²) in [5, 5.41) is 16.3. The Hall–Kier alpha value is -2.13. The lowest BCUT2D eigenvalue weighted by atomic mass is 9.89. The summed E-state index contributed by atoms with van der Waals surface area (Å²) in [6.45, 7) is 1.12. The highest BCUT2D eigenvalue weighted by molar-refractivity contribution is 5.96. The third-order valence-electron chi connectivity index (χ3n) is 5.24. The first-order chi connectivity index (χ1) is 11.8. The zero-order valence-corrected chi connectivity index (χ0v) is 14.0. The van der Waals surface area contributed by atoms with Crippen molar-refractivity contribution in [1.29, 1.82) is 0 Å². The van der Waals surface area contributed by atoms with Crippen molar-refractivity contribution < 1.29 is 5.11 Å². The smallest absolute Gasteiger partial charge is 0.0682 e. The summed E-state index contributed by atoms with van der Waals surface area (Å²) in [5.74, 6) is 0.783. The molecule has 0 saturated heterocycles. The molecule has 0 radical (unpaired) electrons. The summed E-state index contributed by atoms with van der Waals surface area (Å²) in [6.07, 6.45) is 11.0. The fourth-order valence-electron chi connectivity index (χ4n) is 3.92. The molecule has 0 unspecified atom stereocenters. The maximum Gasteiger partial charge on any atom is 0.0682 e. The van der Waals surface area contributed by atoms with E-state index in [4.69, 9.17) is 0 Å². The van der Waals surface area contributed by atoms with E-state index in [-0.39, 0.29) is 6.61 Å². The fourth-order valence-corrected chi connectivity index (χ4v) is 3.92. The van der Waals surface area contributed by atoms with Crippen LogP contribution >= 0.6 is 0 Å². The summed E-state index contributed by atoms with van der Waals surface area (Å²) in [5.41, 5.74) is 3.34. The minimum absolute atomic E-state index is 0.0828. The van der Waals surface area contributed by atoms with Gasteiger partial charge in [0.25, 0.3) is 0 Å². The van der Waals surface area contributed by atoms with E-state index in [0.29, 0.717) is 0 Å². The van der Waals surface area contributed by atoms with Crippen LogP contribution in [0.15, 0.2) is 48.8 Å². The minimum atomic E-state index is 0.0828. The maximum absolute atomic E-state index is 9.33. The van der Waals surface area contributed by atoms with E-state index < -0.39 is 0 Å². The second kappa shape index (κ2) is 6.78. The summed E-state index contributed by atoms with van der Waals surface area (Å²) >= 11 is 0. The van der Waals surface area contributed by atoms with Crippen molar-refractivity contribution in [3.05, 3.63) is 54.4 Å². The van der Waals surface area contributed by atoms with Crippen LogP contribution in [0.25, 0.3) is 21.9 Å². The molecule has 1 heterocycles. The van der Waals surface area contributed by atoms with Crippen molar-refractivity contribution in [3.8, 4) is 11.1 Å². The van der Waals surface area contributed by atoms with Crippen molar-refractivity contribution in [2.75, 3.05) is 0 Å². The van der Waals surface area contributed by atoms with E-state index in [1.165, 1.54) is 54.0 Å². The summed E-state index contributed by atoms with van der Waals surface area (Å²) in [7, 11) is 0. The molecule has 4 rings (SSSR count). The Labute approximate surface area is 142 Å². The largest absolute Gasteiger partial charge is 0.392 e. The predicted octanol–water partition coefficient (Wildman–Crippen LogP) is 4.78. The first kappa shape index (κ1) is 15.4. The van der Waals surface area contributed by atoms with Crippen LogP contribution < -0.4 is 0 Å². The van der Waals surface area contributed by atoms with Crippen LogP contribution in [0.1, 0.15) is 37.7 Å². The van der Waals surface area contributed by atoms with Gasteiger partial charge in [0.05, 0.1) is 12.8 Å². The van der Waals surface area contributed by atoms with E-state index in [1.54, 1.807) is 0 Å². The lowest BCUT2D eigenvalue weighted by Crippen LogP contribution is -2.14. The Morgan fingerprint density at radius 1 is 1.08 bits per heavy atom. The molecule has 3 heteroatoms. The van der Waals surface area contributed by atoms with Gasteiger partial charge in [-0.1, -0.05) is 49.6 Å².